The number of nitrogens with one attached hydrogen (secondary N) is 1. The topological polar surface area (TPSA) is 73.6 Å². The summed E-state index contributed by atoms with van der Waals surface area (Å²) in [6, 6.07) is 14.7. The average molecular weight is 379 g/mol. The van der Waals surface area contributed by atoms with Crippen LogP contribution in [0.15, 0.2) is 48.5 Å². The molecule has 0 radical (unpaired) electrons. The van der Waals surface area contributed by atoms with E-state index in [0.717, 1.165) is 12.0 Å². The highest BCUT2D eigenvalue weighted by Gasteiger charge is 2.13. The van der Waals surface area contributed by atoms with Gasteiger partial charge >= 0.3 is 0 Å². The maximum absolute atomic E-state index is 12.4. The second-order valence-corrected chi connectivity index (χ2v) is 5.67. The molecule has 0 spiro atoms. The Morgan fingerprint density at radius 1 is 1.08 bits per heavy atom. The molecule has 0 aliphatic heterocycles. The molecule has 142 valence electrons. The fourth-order valence-electron chi connectivity index (χ4n) is 2.37. The molecular formula is C20H27ClN2O3. The zero-order valence-electron chi connectivity index (χ0n) is 15.2. The number of ether oxygens (including phenoxy) is 2. The summed E-state index contributed by atoms with van der Waals surface area (Å²) in [6.45, 7) is 5.41. The summed E-state index contributed by atoms with van der Waals surface area (Å²) in [5.74, 6) is 1.05. The number of carbonyl (C=O) groups excluding carboxylic acids is 1. The first-order valence-electron chi connectivity index (χ1n) is 8.64. The number of rotatable bonds is 9. The Bertz CT molecular complexity index is 680. The molecular weight excluding hydrogens is 352 g/mol. The second kappa shape index (κ2) is 11.4. The fraction of sp³-hybridized carbons (Fsp3) is 0.350. The molecule has 0 aliphatic rings. The molecule has 6 heteroatoms. The van der Waals surface area contributed by atoms with Crippen molar-refractivity contribution in [2.24, 2.45) is 5.73 Å². The van der Waals surface area contributed by atoms with E-state index in [1.54, 1.807) is 18.2 Å². The number of benzene rings is 2. The second-order valence-electron chi connectivity index (χ2n) is 5.67. The minimum atomic E-state index is -0.247. The molecule has 0 heterocycles. The highest BCUT2D eigenvalue weighted by molar-refractivity contribution is 5.94. The van der Waals surface area contributed by atoms with Crippen LogP contribution in [0.4, 0.5) is 0 Å². The fourth-order valence-corrected chi connectivity index (χ4v) is 2.37. The predicted molar refractivity (Wildman–Crippen MR) is 106 cm³/mol. The summed E-state index contributed by atoms with van der Waals surface area (Å²) < 4.78 is 11.2. The van der Waals surface area contributed by atoms with Gasteiger partial charge in [-0.2, -0.15) is 0 Å². The highest BCUT2D eigenvalue weighted by Crippen LogP contribution is 2.28. The van der Waals surface area contributed by atoms with Crippen LogP contribution in [0.3, 0.4) is 0 Å². The summed E-state index contributed by atoms with van der Waals surface area (Å²) in [6.07, 6.45) is 0.908. The van der Waals surface area contributed by atoms with E-state index >= 15 is 0 Å². The maximum atomic E-state index is 12.4. The van der Waals surface area contributed by atoms with Crippen LogP contribution in [-0.2, 0) is 0 Å². The van der Waals surface area contributed by atoms with Gasteiger partial charge in [-0.15, -0.1) is 12.4 Å². The van der Waals surface area contributed by atoms with Gasteiger partial charge in [0.05, 0.1) is 13.2 Å². The van der Waals surface area contributed by atoms with Gasteiger partial charge in [0.2, 0.25) is 0 Å². The Kier molecular flexibility index (Phi) is 9.55. The molecule has 26 heavy (non-hydrogen) atoms. The molecule has 0 aliphatic carbocycles. The van der Waals surface area contributed by atoms with Crippen molar-refractivity contribution in [2.75, 3.05) is 19.8 Å². The molecule has 3 N–H and O–H groups in total. The van der Waals surface area contributed by atoms with E-state index in [0.29, 0.717) is 36.8 Å². The van der Waals surface area contributed by atoms with E-state index < -0.39 is 0 Å². The van der Waals surface area contributed by atoms with Crippen molar-refractivity contribution in [1.29, 1.82) is 0 Å². The number of nitrogens with two attached hydrogens (primary N) is 1. The summed E-state index contributed by atoms with van der Waals surface area (Å²) in [5, 5.41) is 2.87. The SMILES string of the molecule is CCCOc1ccc(C(=O)NCC(N)c2ccccc2)cc1OCC.Cl. The first-order chi connectivity index (χ1) is 12.2. The Morgan fingerprint density at radius 2 is 1.81 bits per heavy atom. The molecule has 1 unspecified atom stereocenters. The Hall–Kier alpha value is -2.24. The average Bonchev–Trinajstić information content (AvgIpc) is 2.65. The Morgan fingerprint density at radius 3 is 2.46 bits per heavy atom. The highest BCUT2D eigenvalue weighted by atomic mass is 35.5. The third-order valence-corrected chi connectivity index (χ3v) is 3.68. The molecule has 0 bridgehead atoms. The van der Waals surface area contributed by atoms with E-state index in [1.165, 1.54) is 0 Å². The van der Waals surface area contributed by atoms with Crippen molar-refractivity contribution in [3.8, 4) is 11.5 Å². The standard InChI is InChI=1S/C20H26N2O3.ClH/c1-3-12-25-18-11-10-16(13-19(18)24-4-2)20(23)22-14-17(21)15-8-6-5-7-9-15;/h5-11,13,17H,3-4,12,14,21H2,1-2H3,(H,22,23);1H. The molecule has 0 fully saturated rings. The van der Waals surface area contributed by atoms with Gasteiger partial charge in [0.25, 0.3) is 5.91 Å². The molecule has 0 saturated heterocycles. The van der Waals surface area contributed by atoms with Crippen LogP contribution in [0.2, 0.25) is 0 Å². The number of carbonyl (C=O) groups is 1. The lowest BCUT2D eigenvalue weighted by Gasteiger charge is -2.15. The lowest BCUT2D eigenvalue weighted by molar-refractivity contribution is 0.0950. The van der Waals surface area contributed by atoms with Crippen LogP contribution in [-0.4, -0.2) is 25.7 Å². The zero-order chi connectivity index (χ0) is 18.1. The van der Waals surface area contributed by atoms with Crippen LogP contribution < -0.4 is 20.5 Å². The van der Waals surface area contributed by atoms with Gasteiger partial charge in [0.1, 0.15) is 0 Å². The van der Waals surface area contributed by atoms with Gasteiger partial charge in [0, 0.05) is 18.2 Å². The number of halogens is 1. The molecule has 1 atom stereocenters. The normalized spacial score (nSPS) is 11.2. The van der Waals surface area contributed by atoms with Gasteiger partial charge in [-0.1, -0.05) is 37.3 Å². The van der Waals surface area contributed by atoms with Crippen LogP contribution in [0.5, 0.6) is 11.5 Å². The predicted octanol–water partition coefficient (Wildman–Crippen LogP) is 3.73. The van der Waals surface area contributed by atoms with Crippen LogP contribution in [0.25, 0.3) is 0 Å². The number of hydrogen-bond acceptors (Lipinski definition) is 4. The van der Waals surface area contributed by atoms with Gasteiger partial charge in [-0.05, 0) is 37.1 Å². The first kappa shape index (κ1) is 21.8. The van der Waals surface area contributed by atoms with Crippen molar-refractivity contribution < 1.29 is 14.3 Å². The Balaban J connectivity index is 0.00000338. The molecule has 1 amide bonds. The van der Waals surface area contributed by atoms with E-state index in [1.807, 2.05) is 44.2 Å². The van der Waals surface area contributed by atoms with Gasteiger partial charge in [-0.25, -0.2) is 0 Å². The first-order valence-corrected chi connectivity index (χ1v) is 8.64. The zero-order valence-corrected chi connectivity index (χ0v) is 16.1. The van der Waals surface area contributed by atoms with Crippen molar-refractivity contribution >= 4 is 18.3 Å². The summed E-state index contributed by atoms with van der Waals surface area (Å²) in [5.41, 5.74) is 7.63. The Labute approximate surface area is 161 Å². The molecule has 2 rings (SSSR count). The third-order valence-electron chi connectivity index (χ3n) is 3.68. The minimum absolute atomic E-state index is 0. The van der Waals surface area contributed by atoms with Gasteiger partial charge in [-0.3, -0.25) is 4.79 Å². The summed E-state index contributed by atoms with van der Waals surface area (Å²) in [4.78, 5) is 12.4. The lowest BCUT2D eigenvalue weighted by Crippen LogP contribution is -2.31. The molecule has 2 aromatic carbocycles. The largest absolute Gasteiger partial charge is 0.490 e. The third kappa shape index (κ3) is 6.24. The smallest absolute Gasteiger partial charge is 0.251 e. The van der Waals surface area contributed by atoms with E-state index in [9.17, 15) is 4.79 Å². The van der Waals surface area contributed by atoms with Gasteiger partial charge < -0.3 is 20.5 Å². The van der Waals surface area contributed by atoms with E-state index in [2.05, 4.69) is 5.32 Å². The van der Waals surface area contributed by atoms with Gasteiger partial charge in [0.15, 0.2) is 11.5 Å². The summed E-state index contributed by atoms with van der Waals surface area (Å²) in [7, 11) is 0. The quantitative estimate of drug-likeness (QED) is 0.697. The maximum Gasteiger partial charge on any atom is 0.251 e. The number of amides is 1. The van der Waals surface area contributed by atoms with Crippen molar-refractivity contribution in [3.05, 3.63) is 59.7 Å². The van der Waals surface area contributed by atoms with Crippen molar-refractivity contribution in [2.45, 2.75) is 26.3 Å². The molecule has 5 nitrogen and oxygen atoms in total. The van der Waals surface area contributed by atoms with E-state index in [4.69, 9.17) is 15.2 Å². The minimum Gasteiger partial charge on any atom is -0.490 e. The van der Waals surface area contributed by atoms with Crippen molar-refractivity contribution in [3.63, 3.8) is 0 Å². The van der Waals surface area contributed by atoms with Crippen LogP contribution >= 0.6 is 12.4 Å². The van der Waals surface area contributed by atoms with Crippen molar-refractivity contribution in [1.82, 2.24) is 5.32 Å². The number of hydrogen-bond donors (Lipinski definition) is 2. The molecule has 0 aromatic heterocycles. The molecule has 2 aromatic rings. The monoisotopic (exact) mass is 378 g/mol. The lowest BCUT2D eigenvalue weighted by atomic mass is 10.1. The van der Waals surface area contributed by atoms with Crippen LogP contribution in [0, 0.1) is 0 Å². The van der Waals surface area contributed by atoms with E-state index in [-0.39, 0.29) is 24.4 Å². The summed E-state index contributed by atoms with van der Waals surface area (Å²) >= 11 is 0. The molecule has 0 saturated carbocycles. The van der Waals surface area contributed by atoms with Crippen LogP contribution in [0.1, 0.15) is 42.2 Å².